The van der Waals surface area contributed by atoms with Gasteiger partial charge < -0.3 is 0 Å². The molecule has 0 bridgehead atoms. The van der Waals surface area contributed by atoms with Crippen molar-refractivity contribution in [3.05, 3.63) is 36.4 Å². The Morgan fingerprint density at radius 3 is 0.556 bits per heavy atom. The third kappa shape index (κ3) is 193. The van der Waals surface area contributed by atoms with Gasteiger partial charge in [0.25, 0.3) is 0 Å². The SMILES string of the molecule is CC#N.CC#N.CC#N.CC#N.c1ccccc1. The fraction of sp³-hybridized carbons (Fsp3) is 0.286. The summed E-state index contributed by atoms with van der Waals surface area (Å²) in [7, 11) is 0. The topological polar surface area (TPSA) is 95.2 Å². The number of benzene rings is 1. The van der Waals surface area contributed by atoms with Gasteiger partial charge in [-0.05, 0) is 0 Å². The number of hydrogen-bond acceptors (Lipinski definition) is 4. The molecule has 18 heavy (non-hydrogen) atoms. The summed E-state index contributed by atoms with van der Waals surface area (Å²) >= 11 is 0. The first kappa shape index (κ1) is 24.4. The Kier molecular flexibility index (Phi) is 64.8. The van der Waals surface area contributed by atoms with E-state index in [0.717, 1.165) is 0 Å². The molecule has 0 N–H and O–H groups in total. The van der Waals surface area contributed by atoms with E-state index >= 15 is 0 Å². The van der Waals surface area contributed by atoms with Crippen molar-refractivity contribution in [1.82, 2.24) is 0 Å². The molecule has 0 aromatic heterocycles. The lowest BCUT2D eigenvalue weighted by Crippen LogP contribution is -1.47. The molecule has 0 heterocycles. The maximum atomic E-state index is 7.32. The molecule has 1 rings (SSSR count). The van der Waals surface area contributed by atoms with E-state index in [1.165, 1.54) is 27.7 Å². The molecule has 0 unspecified atom stereocenters. The summed E-state index contributed by atoms with van der Waals surface area (Å²) in [5, 5.41) is 29.3. The van der Waals surface area contributed by atoms with Crippen LogP contribution in [0.5, 0.6) is 0 Å². The maximum absolute atomic E-state index is 7.32. The van der Waals surface area contributed by atoms with Crippen molar-refractivity contribution in [2.45, 2.75) is 27.7 Å². The smallest absolute Gasteiger partial charge is 0.0587 e. The van der Waals surface area contributed by atoms with Crippen molar-refractivity contribution in [3.8, 4) is 24.3 Å². The lowest BCUT2D eigenvalue weighted by atomic mass is 10.4. The molecule has 0 saturated carbocycles. The van der Waals surface area contributed by atoms with Crippen LogP contribution in [0.15, 0.2) is 36.4 Å². The molecule has 0 saturated heterocycles. The van der Waals surface area contributed by atoms with Gasteiger partial charge in [0.05, 0.1) is 24.3 Å². The molecule has 94 valence electrons. The molecular weight excluding hydrogens is 224 g/mol. The molecule has 1 aromatic rings. The van der Waals surface area contributed by atoms with Gasteiger partial charge in [0.1, 0.15) is 0 Å². The third-order valence-electron chi connectivity index (χ3n) is 0.667. The van der Waals surface area contributed by atoms with Crippen LogP contribution in [0.25, 0.3) is 0 Å². The molecule has 1 aromatic carbocycles. The van der Waals surface area contributed by atoms with Crippen LogP contribution >= 0.6 is 0 Å². The van der Waals surface area contributed by atoms with E-state index in [4.69, 9.17) is 21.0 Å². The second kappa shape index (κ2) is 47.8. The van der Waals surface area contributed by atoms with Gasteiger partial charge in [0.15, 0.2) is 0 Å². The standard InChI is InChI=1S/C6H6.4C2H3N/c1-2-4-6-5-3-1;4*1-2-3/h1-6H;4*1H3. The maximum Gasteiger partial charge on any atom is 0.0587 e. The van der Waals surface area contributed by atoms with E-state index in [9.17, 15) is 0 Å². The zero-order valence-electron chi connectivity index (χ0n) is 11.3. The Labute approximate surface area is 110 Å². The van der Waals surface area contributed by atoms with Gasteiger partial charge in [-0.2, -0.15) is 21.0 Å². The first-order valence-corrected chi connectivity index (χ1v) is 4.89. The summed E-state index contributed by atoms with van der Waals surface area (Å²) in [5.74, 6) is 0. The lowest BCUT2D eigenvalue weighted by molar-refractivity contribution is 1.49. The molecule has 0 radical (unpaired) electrons. The molecule has 0 spiro atoms. The minimum Gasteiger partial charge on any atom is -0.199 e. The lowest BCUT2D eigenvalue weighted by Gasteiger charge is -1.69. The second-order valence-electron chi connectivity index (χ2n) is 2.05. The van der Waals surface area contributed by atoms with Crippen LogP contribution in [0.4, 0.5) is 0 Å². The van der Waals surface area contributed by atoms with Gasteiger partial charge in [-0.15, -0.1) is 0 Å². The summed E-state index contributed by atoms with van der Waals surface area (Å²) in [6.45, 7) is 5.72. The number of nitriles is 4. The molecule has 0 aliphatic heterocycles. The summed E-state index contributed by atoms with van der Waals surface area (Å²) in [6.07, 6.45) is 0. The highest BCUT2D eigenvalue weighted by Gasteiger charge is 1.57. The Morgan fingerprint density at radius 2 is 0.500 bits per heavy atom. The Hall–Kier alpha value is -2.82. The van der Waals surface area contributed by atoms with Gasteiger partial charge in [-0.3, -0.25) is 0 Å². The second-order valence-corrected chi connectivity index (χ2v) is 2.05. The highest BCUT2D eigenvalue weighted by Crippen LogP contribution is 1.79. The van der Waals surface area contributed by atoms with Gasteiger partial charge in [-0.1, -0.05) is 36.4 Å². The van der Waals surface area contributed by atoms with Crippen LogP contribution in [0, 0.1) is 45.3 Å². The largest absolute Gasteiger partial charge is 0.199 e. The van der Waals surface area contributed by atoms with Gasteiger partial charge in [0, 0.05) is 27.7 Å². The van der Waals surface area contributed by atoms with Crippen molar-refractivity contribution in [1.29, 1.82) is 21.0 Å². The van der Waals surface area contributed by atoms with E-state index in [2.05, 4.69) is 0 Å². The van der Waals surface area contributed by atoms with E-state index in [-0.39, 0.29) is 0 Å². The molecule has 0 amide bonds. The number of nitrogens with zero attached hydrogens (tertiary/aromatic N) is 4. The van der Waals surface area contributed by atoms with Gasteiger partial charge in [0.2, 0.25) is 0 Å². The van der Waals surface area contributed by atoms with Crippen LogP contribution in [0.3, 0.4) is 0 Å². The van der Waals surface area contributed by atoms with Crippen LogP contribution in [-0.2, 0) is 0 Å². The van der Waals surface area contributed by atoms with Crippen molar-refractivity contribution in [3.63, 3.8) is 0 Å². The molecule has 0 aliphatic rings. The van der Waals surface area contributed by atoms with Gasteiger partial charge in [-0.25, -0.2) is 0 Å². The van der Waals surface area contributed by atoms with Gasteiger partial charge >= 0.3 is 0 Å². The van der Waals surface area contributed by atoms with E-state index in [1.54, 1.807) is 24.3 Å². The van der Waals surface area contributed by atoms with E-state index in [0.29, 0.717) is 0 Å². The molecule has 4 nitrogen and oxygen atoms in total. The van der Waals surface area contributed by atoms with Crippen molar-refractivity contribution in [2.24, 2.45) is 0 Å². The molecule has 0 aliphatic carbocycles. The summed E-state index contributed by atoms with van der Waals surface area (Å²) in [4.78, 5) is 0. The minimum absolute atomic E-state index is 1.43. The average molecular weight is 242 g/mol. The first-order valence-electron chi connectivity index (χ1n) is 4.89. The van der Waals surface area contributed by atoms with Crippen LogP contribution < -0.4 is 0 Å². The van der Waals surface area contributed by atoms with Crippen molar-refractivity contribution < 1.29 is 0 Å². The van der Waals surface area contributed by atoms with Crippen LogP contribution in [-0.4, -0.2) is 0 Å². The fourth-order valence-corrected chi connectivity index (χ4v) is 0.385. The Bertz CT molecular complexity index is 297. The summed E-state index contributed by atoms with van der Waals surface area (Å²) < 4.78 is 0. The molecular formula is C14H18N4. The predicted octanol–water partition coefficient (Wildman–Crippen LogP) is 3.81. The molecule has 4 heteroatoms. The highest BCUT2D eigenvalue weighted by molar-refractivity contribution is 4.99. The summed E-state index contributed by atoms with van der Waals surface area (Å²) in [6, 6.07) is 19.0. The minimum atomic E-state index is 1.43. The fourth-order valence-electron chi connectivity index (χ4n) is 0.385. The highest BCUT2D eigenvalue weighted by atomic mass is 14.2. The van der Waals surface area contributed by atoms with Crippen molar-refractivity contribution >= 4 is 0 Å². The summed E-state index contributed by atoms with van der Waals surface area (Å²) in [5.41, 5.74) is 0. The number of rotatable bonds is 0. The van der Waals surface area contributed by atoms with E-state index in [1.807, 2.05) is 36.4 Å². The predicted molar refractivity (Wildman–Crippen MR) is 71.6 cm³/mol. The normalized spacial score (nSPS) is 4.44. The Morgan fingerprint density at radius 1 is 0.444 bits per heavy atom. The zero-order chi connectivity index (χ0) is 15.1. The van der Waals surface area contributed by atoms with Crippen LogP contribution in [0.1, 0.15) is 27.7 Å². The van der Waals surface area contributed by atoms with E-state index < -0.39 is 0 Å². The molecule has 0 atom stereocenters. The third-order valence-corrected chi connectivity index (χ3v) is 0.667. The Balaban J connectivity index is -0.0000000723. The average Bonchev–Trinajstić information content (AvgIpc) is 2.35. The quantitative estimate of drug-likeness (QED) is 0.691. The number of hydrogen-bond donors (Lipinski definition) is 0. The monoisotopic (exact) mass is 242 g/mol. The molecule has 0 fully saturated rings. The first-order chi connectivity index (χ1) is 8.66. The zero-order valence-corrected chi connectivity index (χ0v) is 11.3. The van der Waals surface area contributed by atoms with Crippen molar-refractivity contribution in [2.75, 3.05) is 0 Å². The van der Waals surface area contributed by atoms with Crippen LogP contribution in [0.2, 0.25) is 0 Å².